The Labute approximate surface area is 120 Å². The van der Waals surface area contributed by atoms with E-state index in [2.05, 4.69) is 6.92 Å². The van der Waals surface area contributed by atoms with E-state index in [-0.39, 0.29) is 18.6 Å². The van der Waals surface area contributed by atoms with Crippen molar-refractivity contribution in [2.24, 2.45) is 0 Å². The number of likely N-dealkylation sites (tertiary alicyclic amines) is 1. The molecule has 0 aromatic heterocycles. The summed E-state index contributed by atoms with van der Waals surface area (Å²) in [7, 11) is 1.72. The molecular weight excluding hydrogens is 260 g/mol. The highest BCUT2D eigenvalue weighted by Crippen LogP contribution is 2.15. The number of carbonyl (C=O) groups is 2. The Morgan fingerprint density at radius 3 is 2.85 bits per heavy atom. The van der Waals surface area contributed by atoms with E-state index in [9.17, 15) is 9.59 Å². The van der Waals surface area contributed by atoms with Crippen LogP contribution in [-0.4, -0.2) is 66.3 Å². The van der Waals surface area contributed by atoms with Crippen LogP contribution in [0.25, 0.3) is 0 Å². The molecule has 1 atom stereocenters. The van der Waals surface area contributed by atoms with Crippen LogP contribution >= 0.6 is 0 Å². The number of carboxylic acids is 1. The minimum Gasteiger partial charge on any atom is -0.481 e. The maximum Gasteiger partial charge on any atom is 0.319 e. The number of hydrogen-bond acceptors (Lipinski definition) is 3. The molecule has 6 nitrogen and oxygen atoms in total. The minimum atomic E-state index is -0.822. The van der Waals surface area contributed by atoms with Crippen molar-refractivity contribution in [2.45, 2.75) is 45.1 Å². The summed E-state index contributed by atoms with van der Waals surface area (Å²) in [5, 5.41) is 8.60. The largest absolute Gasteiger partial charge is 0.481 e. The lowest BCUT2D eigenvalue weighted by Crippen LogP contribution is -2.48. The van der Waals surface area contributed by atoms with Crippen LogP contribution in [0.4, 0.5) is 4.79 Å². The molecule has 0 bridgehead atoms. The molecule has 0 radical (unpaired) electrons. The van der Waals surface area contributed by atoms with Gasteiger partial charge in [0.2, 0.25) is 0 Å². The van der Waals surface area contributed by atoms with Gasteiger partial charge in [-0.25, -0.2) is 4.79 Å². The highest BCUT2D eigenvalue weighted by molar-refractivity contribution is 5.74. The fourth-order valence-electron chi connectivity index (χ4n) is 2.34. The van der Waals surface area contributed by atoms with Crippen LogP contribution in [0.1, 0.15) is 39.0 Å². The van der Waals surface area contributed by atoms with Gasteiger partial charge in [-0.3, -0.25) is 4.79 Å². The quantitative estimate of drug-likeness (QED) is 0.774. The summed E-state index contributed by atoms with van der Waals surface area (Å²) < 4.78 is 5.71. The molecule has 1 saturated heterocycles. The van der Waals surface area contributed by atoms with Gasteiger partial charge in [0, 0.05) is 39.7 Å². The van der Waals surface area contributed by atoms with Crippen LogP contribution in [0.2, 0.25) is 0 Å². The summed E-state index contributed by atoms with van der Waals surface area (Å²) >= 11 is 0. The number of nitrogens with zero attached hydrogens (tertiary/aromatic N) is 2. The lowest BCUT2D eigenvalue weighted by Gasteiger charge is -2.35. The van der Waals surface area contributed by atoms with Crippen molar-refractivity contribution >= 4 is 12.0 Å². The lowest BCUT2D eigenvalue weighted by molar-refractivity contribution is -0.137. The number of urea groups is 1. The van der Waals surface area contributed by atoms with Gasteiger partial charge in [-0.1, -0.05) is 6.92 Å². The number of rotatable bonds is 7. The molecule has 0 aromatic carbocycles. The molecule has 1 rings (SSSR count). The van der Waals surface area contributed by atoms with Crippen LogP contribution in [-0.2, 0) is 9.53 Å². The van der Waals surface area contributed by atoms with Gasteiger partial charge < -0.3 is 19.6 Å². The highest BCUT2D eigenvalue weighted by Gasteiger charge is 2.25. The highest BCUT2D eigenvalue weighted by atomic mass is 16.5. The summed E-state index contributed by atoms with van der Waals surface area (Å²) in [6.45, 7) is 4.68. The second-order valence-electron chi connectivity index (χ2n) is 5.28. The maximum absolute atomic E-state index is 12.2. The zero-order chi connectivity index (χ0) is 15.0. The Bertz CT molecular complexity index is 322. The van der Waals surface area contributed by atoms with Gasteiger partial charge in [0.05, 0.1) is 6.10 Å². The number of carbonyl (C=O) groups excluding carboxylic acids is 1. The summed E-state index contributed by atoms with van der Waals surface area (Å²) in [4.78, 5) is 26.1. The zero-order valence-electron chi connectivity index (χ0n) is 12.5. The Kier molecular flexibility index (Phi) is 7.36. The number of hydrogen-bond donors (Lipinski definition) is 1. The molecule has 1 unspecified atom stereocenters. The first kappa shape index (κ1) is 16.8. The molecule has 20 heavy (non-hydrogen) atoms. The lowest BCUT2D eigenvalue weighted by atomic mass is 10.1. The van der Waals surface area contributed by atoms with Crippen LogP contribution < -0.4 is 0 Å². The van der Waals surface area contributed by atoms with Gasteiger partial charge in [-0.05, 0) is 25.7 Å². The van der Waals surface area contributed by atoms with Crippen LogP contribution in [0.3, 0.4) is 0 Å². The number of aliphatic carboxylic acids is 1. The SMILES string of the molecule is CCCOC1CCCN(C(=O)N(C)CCCC(=O)O)C1. The molecular formula is C14H26N2O4. The Morgan fingerprint density at radius 2 is 2.20 bits per heavy atom. The monoisotopic (exact) mass is 286 g/mol. The molecule has 2 amide bonds. The number of ether oxygens (including phenoxy) is 1. The third-order valence-corrected chi connectivity index (χ3v) is 3.42. The molecule has 1 heterocycles. The van der Waals surface area contributed by atoms with Gasteiger partial charge in [0.25, 0.3) is 0 Å². The van der Waals surface area contributed by atoms with Crippen LogP contribution in [0, 0.1) is 0 Å². The third-order valence-electron chi connectivity index (χ3n) is 3.42. The first-order valence-corrected chi connectivity index (χ1v) is 7.38. The fraction of sp³-hybridized carbons (Fsp3) is 0.857. The van der Waals surface area contributed by atoms with E-state index in [0.717, 1.165) is 32.4 Å². The second kappa shape index (κ2) is 8.79. The average molecular weight is 286 g/mol. The van der Waals surface area contributed by atoms with Gasteiger partial charge in [0.15, 0.2) is 0 Å². The molecule has 1 aliphatic heterocycles. The predicted molar refractivity (Wildman–Crippen MR) is 75.7 cm³/mol. The summed E-state index contributed by atoms with van der Waals surface area (Å²) in [6, 6.07) is -0.0276. The van der Waals surface area contributed by atoms with Crippen molar-refractivity contribution in [3.63, 3.8) is 0 Å². The molecule has 1 aliphatic rings. The van der Waals surface area contributed by atoms with Crippen molar-refractivity contribution in [3.05, 3.63) is 0 Å². The van der Waals surface area contributed by atoms with E-state index in [1.54, 1.807) is 11.9 Å². The fourth-order valence-corrected chi connectivity index (χ4v) is 2.34. The van der Waals surface area contributed by atoms with Gasteiger partial charge >= 0.3 is 12.0 Å². The molecule has 0 spiro atoms. The molecule has 0 aromatic rings. The molecule has 1 fully saturated rings. The second-order valence-corrected chi connectivity index (χ2v) is 5.28. The molecule has 6 heteroatoms. The number of piperidine rings is 1. The summed E-state index contributed by atoms with van der Waals surface area (Å²) in [6.07, 6.45) is 3.68. The molecule has 0 saturated carbocycles. The predicted octanol–water partition coefficient (Wildman–Crippen LogP) is 1.79. The van der Waals surface area contributed by atoms with Crippen molar-refractivity contribution in [2.75, 3.05) is 33.3 Å². The molecule has 1 N–H and O–H groups in total. The van der Waals surface area contributed by atoms with E-state index < -0.39 is 5.97 Å². The van der Waals surface area contributed by atoms with E-state index in [1.807, 2.05) is 4.90 Å². The smallest absolute Gasteiger partial charge is 0.319 e. The van der Waals surface area contributed by atoms with Crippen molar-refractivity contribution < 1.29 is 19.4 Å². The first-order valence-electron chi connectivity index (χ1n) is 7.38. The van der Waals surface area contributed by atoms with Gasteiger partial charge in [0.1, 0.15) is 0 Å². The van der Waals surface area contributed by atoms with Crippen molar-refractivity contribution in [1.29, 1.82) is 0 Å². The Morgan fingerprint density at radius 1 is 1.45 bits per heavy atom. The van der Waals surface area contributed by atoms with Crippen molar-refractivity contribution in [3.8, 4) is 0 Å². The number of carboxylic acid groups (broad SMARTS) is 1. The zero-order valence-corrected chi connectivity index (χ0v) is 12.5. The van der Waals surface area contributed by atoms with E-state index >= 15 is 0 Å². The normalized spacial score (nSPS) is 18.9. The van der Waals surface area contributed by atoms with E-state index in [4.69, 9.17) is 9.84 Å². The summed E-state index contributed by atoms with van der Waals surface area (Å²) in [5.41, 5.74) is 0. The van der Waals surface area contributed by atoms with Crippen LogP contribution in [0.5, 0.6) is 0 Å². The van der Waals surface area contributed by atoms with E-state index in [0.29, 0.717) is 19.5 Å². The standard InChI is InChI=1S/C14H26N2O4/c1-3-10-20-12-6-4-9-16(11-12)14(19)15(2)8-5-7-13(17)18/h12H,3-11H2,1-2H3,(H,17,18). The van der Waals surface area contributed by atoms with E-state index in [1.165, 1.54) is 0 Å². The maximum atomic E-state index is 12.2. The molecule has 0 aliphatic carbocycles. The first-order chi connectivity index (χ1) is 9.54. The summed E-state index contributed by atoms with van der Waals surface area (Å²) in [5.74, 6) is -0.822. The van der Waals surface area contributed by atoms with Crippen LogP contribution in [0.15, 0.2) is 0 Å². The Hall–Kier alpha value is -1.30. The number of amides is 2. The van der Waals surface area contributed by atoms with Crippen molar-refractivity contribution in [1.82, 2.24) is 9.80 Å². The Balaban J connectivity index is 2.35. The van der Waals surface area contributed by atoms with Gasteiger partial charge in [-0.15, -0.1) is 0 Å². The topological polar surface area (TPSA) is 70.1 Å². The minimum absolute atomic E-state index is 0.0276. The average Bonchev–Trinajstić information content (AvgIpc) is 2.44. The molecule has 116 valence electrons. The van der Waals surface area contributed by atoms with Gasteiger partial charge in [-0.2, -0.15) is 0 Å². The third kappa shape index (κ3) is 5.77.